The maximum absolute atomic E-state index is 12.5. The number of nitrogens with zero attached hydrogens (tertiary/aromatic N) is 3. The summed E-state index contributed by atoms with van der Waals surface area (Å²) >= 11 is 5.14. The molecule has 0 bridgehead atoms. The highest BCUT2D eigenvalue weighted by molar-refractivity contribution is 9.11. The molecule has 1 fully saturated rings. The molecule has 0 spiro atoms. The zero-order valence-corrected chi connectivity index (χ0v) is 19.0. The Kier molecular flexibility index (Phi) is 6.98. The molecule has 2 aliphatic rings. The van der Waals surface area contributed by atoms with E-state index in [9.17, 15) is 4.79 Å². The lowest BCUT2D eigenvalue weighted by Crippen LogP contribution is -2.41. The number of rotatable bonds is 6. The zero-order chi connectivity index (χ0) is 20.1. The number of hydrogen-bond acceptors (Lipinski definition) is 5. The van der Waals surface area contributed by atoms with Crippen LogP contribution in [0, 0.1) is 5.92 Å². The molecule has 0 unspecified atom stereocenters. The first-order valence-corrected chi connectivity index (χ1v) is 12.1. The van der Waals surface area contributed by atoms with E-state index in [2.05, 4.69) is 42.4 Å². The Morgan fingerprint density at radius 2 is 2.03 bits per heavy atom. The molecule has 3 heterocycles. The van der Waals surface area contributed by atoms with Gasteiger partial charge in [0, 0.05) is 25.6 Å². The summed E-state index contributed by atoms with van der Waals surface area (Å²) in [5.41, 5.74) is 2.41. The fraction of sp³-hybridized carbons (Fsp3) is 0.500. The monoisotopic (exact) mass is 474 g/mol. The minimum Gasteiger partial charge on any atom is -0.356 e. The van der Waals surface area contributed by atoms with Crippen molar-refractivity contribution < 1.29 is 4.79 Å². The molecular weight excluding hydrogens is 448 g/mol. The lowest BCUT2D eigenvalue weighted by atomic mass is 9.95. The molecule has 1 saturated heterocycles. The van der Waals surface area contributed by atoms with Crippen LogP contribution in [0.2, 0.25) is 0 Å². The number of amides is 1. The Bertz CT molecular complexity index is 856. The van der Waals surface area contributed by atoms with Gasteiger partial charge in [0.05, 0.1) is 8.66 Å². The lowest BCUT2D eigenvalue weighted by Gasteiger charge is -2.31. The maximum atomic E-state index is 12.5. The van der Waals surface area contributed by atoms with Gasteiger partial charge < -0.3 is 10.2 Å². The van der Waals surface area contributed by atoms with Crippen LogP contribution in [0.4, 0.5) is 5.82 Å². The summed E-state index contributed by atoms with van der Waals surface area (Å²) in [5, 5.41) is 12.0. The molecule has 1 N–H and O–H groups in total. The highest BCUT2D eigenvalue weighted by Crippen LogP contribution is 2.30. The topological polar surface area (TPSA) is 58.1 Å². The Morgan fingerprint density at radius 1 is 1.17 bits per heavy atom. The van der Waals surface area contributed by atoms with Crippen LogP contribution in [0.5, 0.6) is 0 Å². The summed E-state index contributed by atoms with van der Waals surface area (Å²) in [6.45, 7) is 2.47. The van der Waals surface area contributed by atoms with E-state index in [1.807, 2.05) is 24.3 Å². The van der Waals surface area contributed by atoms with Gasteiger partial charge in [0.1, 0.15) is 5.69 Å². The molecule has 2 aromatic heterocycles. The maximum Gasteiger partial charge on any atom is 0.223 e. The minimum absolute atomic E-state index is 0.113. The van der Waals surface area contributed by atoms with Crippen LogP contribution in [0.1, 0.15) is 44.9 Å². The summed E-state index contributed by atoms with van der Waals surface area (Å²) in [7, 11) is 0. The van der Waals surface area contributed by atoms with Gasteiger partial charge in [0.2, 0.25) is 5.91 Å². The van der Waals surface area contributed by atoms with Crippen molar-refractivity contribution in [3.63, 3.8) is 0 Å². The predicted molar refractivity (Wildman–Crippen MR) is 122 cm³/mol. The van der Waals surface area contributed by atoms with Crippen LogP contribution >= 0.6 is 27.3 Å². The summed E-state index contributed by atoms with van der Waals surface area (Å²) < 4.78 is 1.09. The van der Waals surface area contributed by atoms with Crippen molar-refractivity contribution in [3.05, 3.63) is 39.7 Å². The quantitative estimate of drug-likeness (QED) is 0.585. The van der Waals surface area contributed by atoms with E-state index in [4.69, 9.17) is 0 Å². The van der Waals surface area contributed by atoms with Crippen molar-refractivity contribution >= 4 is 39.0 Å². The number of halogens is 1. The summed E-state index contributed by atoms with van der Waals surface area (Å²) in [4.78, 5) is 15.8. The van der Waals surface area contributed by atoms with E-state index in [0.717, 1.165) is 59.1 Å². The van der Waals surface area contributed by atoms with E-state index in [1.54, 1.807) is 11.3 Å². The minimum atomic E-state index is 0.113. The molecule has 154 valence electrons. The van der Waals surface area contributed by atoms with Gasteiger partial charge in [-0.1, -0.05) is 11.6 Å². The van der Waals surface area contributed by atoms with Gasteiger partial charge in [0.15, 0.2) is 5.82 Å². The molecule has 0 aromatic carbocycles. The summed E-state index contributed by atoms with van der Waals surface area (Å²) in [6, 6.07) is 8.14. The highest BCUT2D eigenvalue weighted by Gasteiger charge is 2.25. The van der Waals surface area contributed by atoms with Gasteiger partial charge in [-0.3, -0.25) is 4.79 Å². The molecule has 0 radical (unpaired) electrons. The van der Waals surface area contributed by atoms with Crippen molar-refractivity contribution in [3.8, 4) is 10.6 Å². The van der Waals surface area contributed by atoms with Crippen LogP contribution in [-0.4, -0.2) is 35.7 Å². The number of carbonyl (C=O) groups excluding carboxylic acids is 1. The number of nitrogens with one attached hydrogen (secondary N) is 1. The molecule has 2 aromatic rings. The average Bonchev–Trinajstić information content (AvgIpc) is 3.21. The third kappa shape index (κ3) is 5.45. The third-order valence-corrected chi connectivity index (χ3v) is 7.44. The van der Waals surface area contributed by atoms with Crippen molar-refractivity contribution in [2.24, 2.45) is 5.92 Å². The zero-order valence-electron chi connectivity index (χ0n) is 16.6. The first kappa shape index (κ1) is 20.5. The fourth-order valence-electron chi connectivity index (χ4n) is 4.07. The Hall–Kier alpha value is -1.73. The lowest BCUT2D eigenvalue weighted by molar-refractivity contribution is -0.125. The van der Waals surface area contributed by atoms with Crippen LogP contribution in [0.15, 0.2) is 39.7 Å². The van der Waals surface area contributed by atoms with Crippen LogP contribution < -0.4 is 10.2 Å². The molecule has 29 heavy (non-hydrogen) atoms. The third-order valence-electron chi connectivity index (χ3n) is 5.80. The van der Waals surface area contributed by atoms with Gasteiger partial charge in [-0.25, -0.2) is 0 Å². The second-order valence-electron chi connectivity index (χ2n) is 7.79. The molecule has 1 amide bonds. The van der Waals surface area contributed by atoms with Crippen LogP contribution in [-0.2, 0) is 4.79 Å². The van der Waals surface area contributed by atoms with Gasteiger partial charge in [-0.05, 0) is 85.1 Å². The van der Waals surface area contributed by atoms with Crippen molar-refractivity contribution in [1.82, 2.24) is 15.5 Å². The molecular formula is C22H27BrN4OS. The fourth-order valence-corrected chi connectivity index (χ4v) is 5.42. The largest absolute Gasteiger partial charge is 0.356 e. The Morgan fingerprint density at radius 3 is 2.69 bits per heavy atom. The molecule has 7 heteroatoms. The molecule has 4 rings (SSSR count). The van der Waals surface area contributed by atoms with Crippen LogP contribution in [0.25, 0.3) is 10.6 Å². The Labute approximate surface area is 184 Å². The standard InChI is InChI=1S/C22H27BrN4OS/c23-20-8-7-19(29-20)18-6-9-21(26-25-18)27-14-11-17(12-15-27)22(28)24-13-10-16-4-2-1-3-5-16/h4,6-9,17H,1-3,5,10-15H2,(H,24,28). The second kappa shape index (κ2) is 9.85. The number of thiophene rings is 1. The first-order chi connectivity index (χ1) is 14.2. The molecule has 1 aliphatic heterocycles. The number of allylic oxidation sites excluding steroid dienone is 1. The van der Waals surface area contributed by atoms with E-state index in [1.165, 1.54) is 31.3 Å². The average molecular weight is 475 g/mol. The molecule has 0 atom stereocenters. The predicted octanol–water partition coefficient (Wildman–Crippen LogP) is 5.19. The Balaban J connectivity index is 1.23. The molecule has 1 aliphatic carbocycles. The number of hydrogen-bond donors (Lipinski definition) is 1. The number of anilines is 1. The molecule has 0 saturated carbocycles. The van der Waals surface area contributed by atoms with E-state index < -0.39 is 0 Å². The van der Waals surface area contributed by atoms with Gasteiger partial charge in [0.25, 0.3) is 0 Å². The van der Waals surface area contributed by atoms with Gasteiger partial charge in [-0.2, -0.15) is 0 Å². The second-order valence-corrected chi connectivity index (χ2v) is 10.3. The van der Waals surface area contributed by atoms with Gasteiger partial charge in [-0.15, -0.1) is 21.5 Å². The number of carbonyl (C=O) groups is 1. The van der Waals surface area contributed by atoms with Gasteiger partial charge >= 0.3 is 0 Å². The number of piperidine rings is 1. The first-order valence-electron chi connectivity index (χ1n) is 10.5. The normalized spacial score (nSPS) is 17.8. The van der Waals surface area contributed by atoms with Crippen LogP contribution in [0.3, 0.4) is 0 Å². The smallest absolute Gasteiger partial charge is 0.223 e. The summed E-state index contributed by atoms with van der Waals surface area (Å²) in [5.74, 6) is 1.22. The van der Waals surface area contributed by atoms with E-state index in [-0.39, 0.29) is 11.8 Å². The summed E-state index contributed by atoms with van der Waals surface area (Å²) in [6.07, 6.45) is 10.1. The highest BCUT2D eigenvalue weighted by atomic mass is 79.9. The van der Waals surface area contributed by atoms with E-state index >= 15 is 0 Å². The van der Waals surface area contributed by atoms with Crippen molar-refractivity contribution in [1.29, 1.82) is 0 Å². The molecule has 5 nitrogen and oxygen atoms in total. The van der Waals surface area contributed by atoms with E-state index in [0.29, 0.717) is 0 Å². The van der Waals surface area contributed by atoms with Crippen molar-refractivity contribution in [2.75, 3.05) is 24.5 Å². The van der Waals surface area contributed by atoms with Crippen molar-refractivity contribution in [2.45, 2.75) is 44.9 Å². The number of aromatic nitrogens is 2. The SMILES string of the molecule is O=C(NCCC1=CCCCC1)C1CCN(c2ccc(-c3ccc(Br)s3)nn2)CC1.